The maximum Gasteiger partial charge on any atom is 0.0854 e. The molecule has 0 rings (SSSR count). The molecule has 2 heteroatoms. The largest absolute Gasteiger partial charge is 0.388 e. The van der Waals surface area contributed by atoms with Crippen LogP contribution in [0.3, 0.4) is 0 Å². The third-order valence-corrected chi connectivity index (χ3v) is 2.10. The molecule has 0 aliphatic carbocycles. The smallest absolute Gasteiger partial charge is 0.0854 e. The summed E-state index contributed by atoms with van der Waals surface area (Å²) in [6.07, 6.45) is 1.94. The standard InChI is InChI=1S/C10H22O2/c1-5-9(3)7-10(4,11)8-12-6-2/h9,11H,5-8H2,1-4H3. The lowest BCUT2D eigenvalue weighted by Crippen LogP contribution is -2.32. The Kier molecular flexibility index (Phi) is 5.51. The van der Waals surface area contributed by atoms with E-state index in [0.717, 1.165) is 12.8 Å². The lowest BCUT2D eigenvalue weighted by Gasteiger charge is -2.25. The first kappa shape index (κ1) is 11.9. The van der Waals surface area contributed by atoms with Crippen molar-refractivity contribution in [2.45, 2.75) is 46.1 Å². The number of aliphatic hydroxyl groups is 1. The van der Waals surface area contributed by atoms with Crippen LogP contribution in [0.2, 0.25) is 0 Å². The van der Waals surface area contributed by atoms with Crippen LogP contribution in [0.4, 0.5) is 0 Å². The average molecular weight is 174 g/mol. The van der Waals surface area contributed by atoms with Crippen LogP contribution in [0.25, 0.3) is 0 Å². The summed E-state index contributed by atoms with van der Waals surface area (Å²) >= 11 is 0. The first-order valence-corrected chi connectivity index (χ1v) is 4.82. The Hall–Kier alpha value is -0.0800. The van der Waals surface area contributed by atoms with Gasteiger partial charge in [0.15, 0.2) is 0 Å². The number of hydrogen-bond donors (Lipinski definition) is 1. The molecular formula is C10H22O2. The molecule has 0 bridgehead atoms. The number of hydrogen-bond acceptors (Lipinski definition) is 2. The van der Waals surface area contributed by atoms with E-state index in [1.54, 1.807) is 0 Å². The Morgan fingerprint density at radius 2 is 2.00 bits per heavy atom. The van der Waals surface area contributed by atoms with Gasteiger partial charge in [-0.05, 0) is 26.2 Å². The van der Waals surface area contributed by atoms with E-state index in [-0.39, 0.29) is 0 Å². The first-order valence-electron chi connectivity index (χ1n) is 4.82. The second kappa shape index (κ2) is 5.55. The molecule has 2 unspecified atom stereocenters. The molecule has 0 aliphatic heterocycles. The van der Waals surface area contributed by atoms with Crippen LogP contribution in [-0.4, -0.2) is 23.9 Å². The molecule has 0 fully saturated rings. The van der Waals surface area contributed by atoms with Gasteiger partial charge in [0.25, 0.3) is 0 Å². The van der Waals surface area contributed by atoms with Crippen molar-refractivity contribution in [3.05, 3.63) is 0 Å². The Labute approximate surface area is 75.9 Å². The predicted octanol–water partition coefficient (Wildman–Crippen LogP) is 2.21. The summed E-state index contributed by atoms with van der Waals surface area (Å²) in [7, 11) is 0. The SMILES string of the molecule is CCOCC(C)(O)CC(C)CC. The summed E-state index contributed by atoms with van der Waals surface area (Å²) in [5, 5.41) is 9.82. The van der Waals surface area contributed by atoms with Gasteiger partial charge in [0, 0.05) is 6.61 Å². The second-order valence-corrected chi connectivity index (χ2v) is 3.85. The van der Waals surface area contributed by atoms with Crippen molar-refractivity contribution in [1.29, 1.82) is 0 Å². The highest BCUT2D eigenvalue weighted by atomic mass is 16.5. The van der Waals surface area contributed by atoms with Gasteiger partial charge in [0.1, 0.15) is 0 Å². The van der Waals surface area contributed by atoms with Crippen molar-refractivity contribution < 1.29 is 9.84 Å². The van der Waals surface area contributed by atoms with Gasteiger partial charge < -0.3 is 9.84 Å². The quantitative estimate of drug-likeness (QED) is 0.669. The maximum absolute atomic E-state index is 9.82. The molecule has 0 amide bonds. The van der Waals surface area contributed by atoms with Crippen LogP contribution in [0.5, 0.6) is 0 Å². The molecule has 0 aromatic rings. The van der Waals surface area contributed by atoms with Crippen molar-refractivity contribution >= 4 is 0 Å². The molecule has 2 atom stereocenters. The second-order valence-electron chi connectivity index (χ2n) is 3.85. The lowest BCUT2D eigenvalue weighted by atomic mass is 9.92. The van der Waals surface area contributed by atoms with E-state index < -0.39 is 5.60 Å². The minimum Gasteiger partial charge on any atom is -0.388 e. The molecule has 0 heterocycles. The molecule has 0 saturated heterocycles. The van der Waals surface area contributed by atoms with Gasteiger partial charge in [0.2, 0.25) is 0 Å². The monoisotopic (exact) mass is 174 g/mol. The fraction of sp³-hybridized carbons (Fsp3) is 1.00. The molecule has 2 nitrogen and oxygen atoms in total. The average Bonchev–Trinajstić information content (AvgIpc) is 2.00. The van der Waals surface area contributed by atoms with E-state index >= 15 is 0 Å². The van der Waals surface area contributed by atoms with Gasteiger partial charge in [-0.1, -0.05) is 20.3 Å². The van der Waals surface area contributed by atoms with E-state index in [4.69, 9.17) is 4.74 Å². The predicted molar refractivity (Wildman–Crippen MR) is 51.2 cm³/mol. The third-order valence-electron chi connectivity index (χ3n) is 2.10. The zero-order chi connectivity index (χ0) is 9.61. The topological polar surface area (TPSA) is 29.5 Å². The molecule has 1 N–H and O–H groups in total. The molecule has 0 aromatic carbocycles. The summed E-state index contributed by atoms with van der Waals surface area (Å²) < 4.78 is 5.19. The first-order chi connectivity index (χ1) is 5.52. The van der Waals surface area contributed by atoms with Gasteiger partial charge in [-0.15, -0.1) is 0 Å². The Morgan fingerprint density at radius 3 is 2.42 bits per heavy atom. The zero-order valence-electron chi connectivity index (χ0n) is 8.76. The van der Waals surface area contributed by atoms with E-state index in [1.165, 1.54) is 0 Å². The van der Waals surface area contributed by atoms with Crippen LogP contribution in [-0.2, 0) is 4.74 Å². The molecular weight excluding hydrogens is 152 g/mol. The highest BCUT2D eigenvalue weighted by Crippen LogP contribution is 2.18. The van der Waals surface area contributed by atoms with Gasteiger partial charge >= 0.3 is 0 Å². The lowest BCUT2D eigenvalue weighted by molar-refractivity contribution is -0.0441. The van der Waals surface area contributed by atoms with Crippen molar-refractivity contribution in [3.8, 4) is 0 Å². The van der Waals surface area contributed by atoms with Crippen LogP contribution in [0.15, 0.2) is 0 Å². The molecule has 74 valence electrons. The van der Waals surface area contributed by atoms with Crippen LogP contribution >= 0.6 is 0 Å². The Morgan fingerprint density at radius 1 is 1.42 bits per heavy atom. The highest BCUT2D eigenvalue weighted by Gasteiger charge is 2.22. The third kappa shape index (κ3) is 5.56. The molecule has 0 aliphatic rings. The van der Waals surface area contributed by atoms with Crippen LogP contribution < -0.4 is 0 Å². The minimum atomic E-state index is -0.647. The molecule has 12 heavy (non-hydrogen) atoms. The number of rotatable bonds is 6. The molecule has 0 radical (unpaired) electrons. The molecule has 0 aromatic heterocycles. The van der Waals surface area contributed by atoms with Crippen LogP contribution in [0, 0.1) is 5.92 Å². The van der Waals surface area contributed by atoms with E-state index in [0.29, 0.717) is 19.1 Å². The summed E-state index contributed by atoms with van der Waals surface area (Å²) in [5.41, 5.74) is -0.647. The van der Waals surface area contributed by atoms with Gasteiger partial charge in [-0.25, -0.2) is 0 Å². The molecule has 0 spiro atoms. The van der Waals surface area contributed by atoms with Crippen molar-refractivity contribution in [1.82, 2.24) is 0 Å². The maximum atomic E-state index is 9.82. The highest BCUT2D eigenvalue weighted by molar-refractivity contribution is 4.74. The Balaban J connectivity index is 3.69. The van der Waals surface area contributed by atoms with E-state index in [2.05, 4.69) is 13.8 Å². The van der Waals surface area contributed by atoms with Crippen molar-refractivity contribution in [2.24, 2.45) is 5.92 Å². The van der Waals surface area contributed by atoms with Gasteiger partial charge in [0.05, 0.1) is 12.2 Å². The summed E-state index contributed by atoms with van der Waals surface area (Å²) in [6, 6.07) is 0. The minimum absolute atomic E-state index is 0.452. The Bertz CT molecular complexity index is 110. The number of ether oxygens (including phenoxy) is 1. The fourth-order valence-corrected chi connectivity index (χ4v) is 1.28. The molecule has 0 saturated carbocycles. The van der Waals surface area contributed by atoms with Gasteiger partial charge in [-0.2, -0.15) is 0 Å². The van der Waals surface area contributed by atoms with Crippen molar-refractivity contribution in [3.63, 3.8) is 0 Å². The zero-order valence-corrected chi connectivity index (χ0v) is 8.76. The van der Waals surface area contributed by atoms with Crippen molar-refractivity contribution in [2.75, 3.05) is 13.2 Å². The summed E-state index contributed by atoms with van der Waals surface area (Å²) in [4.78, 5) is 0. The fourth-order valence-electron chi connectivity index (χ4n) is 1.28. The van der Waals surface area contributed by atoms with E-state index in [1.807, 2.05) is 13.8 Å². The normalized spacial score (nSPS) is 18.8. The van der Waals surface area contributed by atoms with Gasteiger partial charge in [-0.3, -0.25) is 0 Å². The summed E-state index contributed by atoms with van der Waals surface area (Å²) in [5.74, 6) is 0.570. The summed E-state index contributed by atoms with van der Waals surface area (Å²) in [6.45, 7) is 9.21. The van der Waals surface area contributed by atoms with Crippen LogP contribution in [0.1, 0.15) is 40.5 Å². The van der Waals surface area contributed by atoms with E-state index in [9.17, 15) is 5.11 Å².